The van der Waals surface area contributed by atoms with Gasteiger partial charge >= 0.3 is 0 Å². The summed E-state index contributed by atoms with van der Waals surface area (Å²) in [6.07, 6.45) is 9.14. The van der Waals surface area contributed by atoms with Crippen molar-refractivity contribution in [3.63, 3.8) is 0 Å². The molecule has 0 aliphatic carbocycles. The van der Waals surface area contributed by atoms with Gasteiger partial charge in [-0.15, -0.1) is 0 Å². The van der Waals surface area contributed by atoms with Gasteiger partial charge in [0.05, 0.1) is 24.0 Å². The Labute approximate surface area is 192 Å². The highest BCUT2D eigenvalue weighted by molar-refractivity contribution is 6.46. The summed E-state index contributed by atoms with van der Waals surface area (Å²) >= 11 is 0. The molecule has 8 nitrogen and oxygen atoms in total. The lowest BCUT2D eigenvalue weighted by Crippen LogP contribution is -2.31. The van der Waals surface area contributed by atoms with Crippen molar-refractivity contribution in [3.8, 4) is 5.75 Å². The third kappa shape index (κ3) is 4.79. The molecule has 33 heavy (non-hydrogen) atoms. The molecular weight excluding hydrogens is 420 g/mol. The van der Waals surface area contributed by atoms with Gasteiger partial charge in [0.15, 0.2) is 0 Å². The average Bonchev–Trinajstić information content (AvgIpc) is 3.41. The number of imidazole rings is 1. The summed E-state index contributed by atoms with van der Waals surface area (Å²) in [5.74, 6) is -0.886. The van der Waals surface area contributed by atoms with Gasteiger partial charge in [0.2, 0.25) is 0 Å². The zero-order chi connectivity index (χ0) is 23.4. The number of carbonyl (C=O) groups excluding carboxylic acids is 2. The third-order valence-electron chi connectivity index (χ3n) is 5.41. The van der Waals surface area contributed by atoms with Crippen LogP contribution in [-0.2, 0) is 16.1 Å². The molecule has 1 saturated heterocycles. The molecule has 1 aromatic carbocycles. The fourth-order valence-electron chi connectivity index (χ4n) is 3.96. The van der Waals surface area contributed by atoms with Crippen LogP contribution in [0.4, 0.5) is 0 Å². The lowest BCUT2D eigenvalue weighted by molar-refractivity contribution is -0.139. The highest BCUT2D eigenvalue weighted by Crippen LogP contribution is 2.39. The average molecular weight is 447 g/mol. The summed E-state index contributed by atoms with van der Waals surface area (Å²) in [5, 5.41) is 11.1. The molecule has 170 valence electrons. The minimum atomic E-state index is -0.715. The van der Waals surface area contributed by atoms with Gasteiger partial charge in [-0.25, -0.2) is 4.98 Å². The SMILES string of the molecule is CC(C)Oc1ccc(C(O)=C2C(=O)C(=O)N(CCCn3ccnc3)[C@@H]2c2cccnc2)cc1. The van der Waals surface area contributed by atoms with Crippen molar-refractivity contribution in [1.82, 2.24) is 19.4 Å². The maximum absolute atomic E-state index is 13.0. The molecule has 0 spiro atoms. The Kier molecular flexibility index (Phi) is 6.53. The van der Waals surface area contributed by atoms with E-state index in [2.05, 4.69) is 9.97 Å². The van der Waals surface area contributed by atoms with Crippen LogP contribution in [0.1, 0.15) is 37.4 Å². The van der Waals surface area contributed by atoms with Crippen LogP contribution in [-0.4, -0.2) is 48.9 Å². The van der Waals surface area contributed by atoms with Gasteiger partial charge in [0.1, 0.15) is 11.5 Å². The fourth-order valence-corrected chi connectivity index (χ4v) is 3.96. The minimum absolute atomic E-state index is 0.0164. The summed E-state index contributed by atoms with van der Waals surface area (Å²) in [6.45, 7) is 4.85. The van der Waals surface area contributed by atoms with E-state index in [0.717, 1.165) is 0 Å². The number of aliphatic hydroxyl groups is 1. The van der Waals surface area contributed by atoms with Gasteiger partial charge in [0, 0.05) is 43.4 Å². The van der Waals surface area contributed by atoms with Crippen molar-refractivity contribution in [2.45, 2.75) is 39.0 Å². The second kappa shape index (κ2) is 9.68. The van der Waals surface area contributed by atoms with E-state index in [-0.39, 0.29) is 17.4 Å². The number of ketones is 1. The Hall–Kier alpha value is -3.94. The summed E-state index contributed by atoms with van der Waals surface area (Å²) in [4.78, 5) is 35.7. The molecule has 8 heteroatoms. The maximum Gasteiger partial charge on any atom is 0.295 e. The van der Waals surface area contributed by atoms with Gasteiger partial charge in [-0.1, -0.05) is 6.07 Å². The van der Waals surface area contributed by atoms with Crippen molar-refractivity contribution >= 4 is 17.4 Å². The quantitative estimate of drug-likeness (QED) is 0.323. The van der Waals surface area contributed by atoms with Crippen molar-refractivity contribution < 1.29 is 19.4 Å². The molecule has 1 N–H and O–H groups in total. The molecular formula is C25H26N4O4. The van der Waals surface area contributed by atoms with Crippen molar-refractivity contribution in [1.29, 1.82) is 0 Å². The number of hydrogen-bond donors (Lipinski definition) is 1. The number of ether oxygens (including phenoxy) is 1. The molecule has 1 aliphatic heterocycles. The molecule has 1 aliphatic rings. The Bertz CT molecular complexity index is 1140. The second-order valence-corrected chi connectivity index (χ2v) is 8.12. The number of likely N-dealkylation sites (tertiary alicyclic amines) is 1. The molecule has 0 unspecified atom stereocenters. The highest BCUT2D eigenvalue weighted by Gasteiger charge is 2.45. The lowest BCUT2D eigenvalue weighted by atomic mass is 9.96. The summed E-state index contributed by atoms with van der Waals surface area (Å²) in [6, 6.07) is 9.66. The van der Waals surface area contributed by atoms with E-state index < -0.39 is 17.7 Å². The van der Waals surface area contributed by atoms with E-state index in [1.165, 1.54) is 4.90 Å². The number of aromatic nitrogens is 3. The Morgan fingerprint density at radius 3 is 2.52 bits per heavy atom. The fraction of sp³-hybridized carbons (Fsp3) is 0.280. The van der Waals surface area contributed by atoms with Crippen LogP contribution in [0.2, 0.25) is 0 Å². The number of hydrogen-bond acceptors (Lipinski definition) is 6. The molecule has 3 heterocycles. The molecule has 0 radical (unpaired) electrons. The number of amides is 1. The molecule has 4 rings (SSSR count). The highest BCUT2D eigenvalue weighted by atomic mass is 16.5. The lowest BCUT2D eigenvalue weighted by Gasteiger charge is -2.25. The van der Waals surface area contributed by atoms with E-state index in [9.17, 15) is 14.7 Å². The number of aliphatic hydroxyl groups excluding tert-OH is 1. The first-order chi connectivity index (χ1) is 16.0. The number of carbonyl (C=O) groups is 2. The van der Waals surface area contributed by atoms with Crippen LogP contribution in [0.5, 0.6) is 5.75 Å². The number of aryl methyl sites for hydroxylation is 1. The van der Waals surface area contributed by atoms with Gasteiger partial charge in [0.25, 0.3) is 11.7 Å². The third-order valence-corrected chi connectivity index (χ3v) is 5.41. The van der Waals surface area contributed by atoms with Gasteiger partial charge in [-0.05, 0) is 56.2 Å². The first-order valence-electron chi connectivity index (χ1n) is 10.9. The van der Waals surface area contributed by atoms with Crippen molar-refractivity contribution in [2.24, 2.45) is 0 Å². The minimum Gasteiger partial charge on any atom is -0.507 e. The van der Waals surface area contributed by atoms with E-state index in [1.807, 2.05) is 24.6 Å². The van der Waals surface area contributed by atoms with Crippen LogP contribution < -0.4 is 4.74 Å². The van der Waals surface area contributed by atoms with E-state index in [1.54, 1.807) is 61.3 Å². The van der Waals surface area contributed by atoms with Crippen LogP contribution in [0.3, 0.4) is 0 Å². The topological polar surface area (TPSA) is 97.6 Å². The van der Waals surface area contributed by atoms with Crippen molar-refractivity contribution in [2.75, 3.05) is 6.54 Å². The number of rotatable bonds is 8. The first kappa shape index (κ1) is 22.3. The Morgan fingerprint density at radius 2 is 1.88 bits per heavy atom. The zero-order valence-electron chi connectivity index (χ0n) is 18.6. The Morgan fingerprint density at radius 1 is 1.09 bits per heavy atom. The van der Waals surface area contributed by atoms with Gasteiger partial charge < -0.3 is 19.3 Å². The van der Waals surface area contributed by atoms with Crippen molar-refractivity contribution in [3.05, 3.63) is 84.2 Å². The monoisotopic (exact) mass is 446 g/mol. The molecule has 3 aromatic rings. The standard InChI is InChI=1S/C25H26N4O4/c1-17(2)33-20-8-6-18(7-9-20)23(30)21-22(19-5-3-10-26-15-19)29(25(32)24(21)31)13-4-12-28-14-11-27-16-28/h3,5-11,14-17,22,30H,4,12-13H2,1-2H3/t22-/m1/s1. The molecule has 1 atom stereocenters. The zero-order valence-corrected chi connectivity index (χ0v) is 18.6. The van der Waals surface area contributed by atoms with Gasteiger partial charge in [-0.2, -0.15) is 0 Å². The largest absolute Gasteiger partial charge is 0.507 e. The maximum atomic E-state index is 13.0. The second-order valence-electron chi connectivity index (χ2n) is 8.12. The summed E-state index contributed by atoms with van der Waals surface area (Å²) in [7, 11) is 0. The molecule has 2 aromatic heterocycles. The van der Waals surface area contributed by atoms with E-state index in [0.29, 0.717) is 36.4 Å². The Balaban J connectivity index is 1.67. The predicted octanol–water partition coefficient (Wildman–Crippen LogP) is 3.58. The predicted molar refractivity (Wildman–Crippen MR) is 122 cm³/mol. The van der Waals surface area contributed by atoms with Crippen LogP contribution in [0.25, 0.3) is 5.76 Å². The normalized spacial score (nSPS) is 17.7. The van der Waals surface area contributed by atoms with Crippen LogP contribution in [0.15, 0.2) is 73.1 Å². The van der Waals surface area contributed by atoms with Crippen LogP contribution >= 0.6 is 0 Å². The summed E-state index contributed by atoms with van der Waals surface area (Å²) in [5.41, 5.74) is 1.17. The van der Waals surface area contributed by atoms with Gasteiger partial charge in [-0.3, -0.25) is 14.6 Å². The number of nitrogens with zero attached hydrogens (tertiary/aromatic N) is 4. The number of benzene rings is 1. The smallest absolute Gasteiger partial charge is 0.295 e. The van der Waals surface area contributed by atoms with E-state index in [4.69, 9.17) is 4.74 Å². The number of Topliss-reactive ketones (excluding diaryl/α,β-unsaturated/α-hetero) is 1. The molecule has 0 saturated carbocycles. The van der Waals surface area contributed by atoms with E-state index >= 15 is 0 Å². The molecule has 1 amide bonds. The first-order valence-corrected chi connectivity index (χ1v) is 10.9. The molecule has 1 fully saturated rings. The molecule has 0 bridgehead atoms. The summed E-state index contributed by atoms with van der Waals surface area (Å²) < 4.78 is 7.57. The van der Waals surface area contributed by atoms with Crippen LogP contribution in [0, 0.1) is 0 Å². The number of pyridine rings is 1.